The highest BCUT2D eigenvalue weighted by Gasteiger charge is 2.37. The second-order valence-electron chi connectivity index (χ2n) is 8.53. The van der Waals surface area contributed by atoms with Gasteiger partial charge in [0.1, 0.15) is 6.07 Å². The molecule has 7 nitrogen and oxygen atoms in total. The molecule has 0 bridgehead atoms. The van der Waals surface area contributed by atoms with Crippen molar-refractivity contribution < 1.29 is 13.0 Å². The highest BCUT2D eigenvalue weighted by molar-refractivity contribution is 7.83. The topological polar surface area (TPSA) is 96.7 Å². The van der Waals surface area contributed by atoms with Crippen LogP contribution in [-0.2, 0) is 10.3 Å². The van der Waals surface area contributed by atoms with Gasteiger partial charge in [-0.2, -0.15) is 18.0 Å². The smallest absolute Gasteiger partial charge is 0.336 e. The van der Waals surface area contributed by atoms with Gasteiger partial charge in [-0.15, -0.1) is 0 Å². The lowest BCUT2D eigenvalue weighted by Gasteiger charge is -2.28. The van der Waals surface area contributed by atoms with E-state index < -0.39 is 10.3 Å². The van der Waals surface area contributed by atoms with Crippen molar-refractivity contribution in [1.29, 1.82) is 5.26 Å². The average molecular weight is 473 g/mol. The highest BCUT2D eigenvalue weighted by Crippen LogP contribution is 2.29. The molecular weight excluding hydrogens is 436 g/mol. The molecule has 0 amide bonds. The molecule has 176 valence electrons. The quantitative estimate of drug-likeness (QED) is 0.564. The molecule has 0 radical (unpaired) electrons. The Kier molecular flexibility index (Phi) is 10.7. The summed E-state index contributed by atoms with van der Waals surface area (Å²) in [6, 6.07) is 6.45. The van der Waals surface area contributed by atoms with Crippen LogP contribution in [0, 0.1) is 24.2 Å². The molecule has 1 aliphatic heterocycles. The number of hydrogen-bond acceptors (Lipinski definition) is 5. The van der Waals surface area contributed by atoms with Crippen molar-refractivity contribution in [3.05, 3.63) is 28.3 Å². The summed E-state index contributed by atoms with van der Waals surface area (Å²) in [5, 5.41) is 12.5. The van der Waals surface area contributed by atoms with Gasteiger partial charge in [0.2, 0.25) is 0 Å². The molecule has 1 heterocycles. The van der Waals surface area contributed by atoms with E-state index in [0.29, 0.717) is 42.2 Å². The van der Waals surface area contributed by atoms with E-state index in [-0.39, 0.29) is 12.0 Å². The van der Waals surface area contributed by atoms with Gasteiger partial charge in [-0.25, -0.2) is 0 Å². The van der Waals surface area contributed by atoms with Crippen molar-refractivity contribution in [3.8, 4) is 6.07 Å². The fraction of sp³-hybridized carbons (Fsp3) is 0.682. The molecule has 2 N–H and O–H groups in total. The minimum absolute atomic E-state index is 0.142. The van der Waals surface area contributed by atoms with E-state index in [1.165, 1.54) is 0 Å². The summed E-state index contributed by atoms with van der Waals surface area (Å²) in [6.45, 7) is 16.8. The fourth-order valence-corrected chi connectivity index (χ4v) is 5.23. The van der Waals surface area contributed by atoms with E-state index in [2.05, 4.69) is 44.8 Å². The molecule has 1 aliphatic rings. The van der Waals surface area contributed by atoms with E-state index in [0.717, 1.165) is 22.1 Å². The summed E-state index contributed by atoms with van der Waals surface area (Å²) in [7, 11) is -4.19. The zero-order chi connectivity index (χ0) is 23.9. The summed E-state index contributed by atoms with van der Waals surface area (Å²) in [4.78, 5) is 2.46. The second kappa shape index (κ2) is 12.0. The van der Waals surface area contributed by atoms with Gasteiger partial charge < -0.3 is 5.32 Å². The fourth-order valence-electron chi connectivity index (χ4n) is 4.07. The SMILES string of the molecule is CCN(C(C)C)C(C)C.Cc1c(NC[C@@H]2[C@@H](C)CCN2S(=O)(=O)O)ccc(C#N)c1Cl. The van der Waals surface area contributed by atoms with Crippen molar-refractivity contribution in [2.75, 3.05) is 25.0 Å². The van der Waals surface area contributed by atoms with Crippen LogP contribution in [-0.4, -0.2) is 59.9 Å². The van der Waals surface area contributed by atoms with Crippen LogP contribution in [0.1, 0.15) is 59.1 Å². The van der Waals surface area contributed by atoms with Crippen molar-refractivity contribution in [2.45, 2.75) is 73.0 Å². The lowest BCUT2D eigenvalue weighted by atomic mass is 10.0. The Morgan fingerprint density at radius 1 is 1.32 bits per heavy atom. The van der Waals surface area contributed by atoms with Crippen molar-refractivity contribution in [1.82, 2.24) is 9.21 Å². The van der Waals surface area contributed by atoms with Crippen LogP contribution < -0.4 is 5.32 Å². The normalized spacial score (nSPS) is 19.5. The molecule has 0 aliphatic carbocycles. The first kappa shape index (κ1) is 27.7. The van der Waals surface area contributed by atoms with Gasteiger partial charge in [0, 0.05) is 36.9 Å². The van der Waals surface area contributed by atoms with Crippen molar-refractivity contribution in [3.63, 3.8) is 0 Å². The molecule has 1 fully saturated rings. The molecule has 0 aromatic heterocycles. The first-order valence-electron chi connectivity index (χ1n) is 10.8. The van der Waals surface area contributed by atoms with Crippen LogP contribution in [0.2, 0.25) is 5.02 Å². The maximum absolute atomic E-state index is 11.4. The van der Waals surface area contributed by atoms with E-state index in [4.69, 9.17) is 16.9 Å². The van der Waals surface area contributed by atoms with Crippen LogP contribution in [0.3, 0.4) is 0 Å². The van der Waals surface area contributed by atoms with Gasteiger partial charge in [0.15, 0.2) is 0 Å². The lowest BCUT2D eigenvalue weighted by molar-refractivity contribution is 0.185. The van der Waals surface area contributed by atoms with E-state index >= 15 is 0 Å². The van der Waals surface area contributed by atoms with E-state index in [9.17, 15) is 13.0 Å². The predicted octanol–water partition coefficient (Wildman–Crippen LogP) is 4.57. The largest absolute Gasteiger partial charge is 0.383 e. The summed E-state index contributed by atoms with van der Waals surface area (Å²) in [5.41, 5.74) is 1.89. The zero-order valence-electron chi connectivity index (χ0n) is 19.7. The molecule has 0 unspecified atom stereocenters. The number of rotatable bonds is 7. The molecule has 1 aromatic carbocycles. The first-order chi connectivity index (χ1) is 14.3. The number of anilines is 1. The Labute approximate surface area is 193 Å². The van der Waals surface area contributed by atoms with Gasteiger partial charge >= 0.3 is 10.3 Å². The van der Waals surface area contributed by atoms with Crippen LogP contribution in [0.4, 0.5) is 5.69 Å². The molecule has 9 heteroatoms. The summed E-state index contributed by atoms with van der Waals surface area (Å²) in [5.74, 6) is 0.142. The Bertz CT molecular complexity index is 860. The summed E-state index contributed by atoms with van der Waals surface area (Å²) in [6.07, 6.45) is 0.708. The molecule has 2 rings (SSSR count). The number of nitriles is 1. The summed E-state index contributed by atoms with van der Waals surface area (Å²) < 4.78 is 33.2. The maximum Gasteiger partial charge on any atom is 0.336 e. The van der Waals surface area contributed by atoms with Gasteiger partial charge in [0.25, 0.3) is 0 Å². The minimum Gasteiger partial charge on any atom is -0.383 e. The van der Waals surface area contributed by atoms with Crippen LogP contribution >= 0.6 is 11.6 Å². The number of nitrogens with one attached hydrogen (secondary N) is 1. The standard InChI is InChI=1S/C14H18ClN3O3S.C8H19N/c1-9-5-6-18(22(19,20)21)13(9)8-17-12-4-3-11(7-16)14(15)10(12)2;1-6-9(7(2)3)8(4)5/h3-4,9,13,17H,5-6,8H2,1-2H3,(H,19,20,21);7-8H,6H2,1-5H3/t9-,13+;/m0./s1. The van der Waals surface area contributed by atoms with Crippen molar-refractivity contribution >= 4 is 27.6 Å². The monoisotopic (exact) mass is 472 g/mol. The third kappa shape index (κ3) is 7.62. The molecule has 1 aromatic rings. The molecule has 1 saturated heterocycles. The first-order valence-corrected chi connectivity index (χ1v) is 12.6. The minimum atomic E-state index is -4.19. The molecule has 0 spiro atoms. The zero-order valence-corrected chi connectivity index (χ0v) is 21.3. The van der Waals surface area contributed by atoms with Crippen LogP contribution in [0.15, 0.2) is 12.1 Å². The molecule has 0 saturated carbocycles. The Morgan fingerprint density at radius 3 is 2.32 bits per heavy atom. The lowest BCUT2D eigenvalue weighted by Crippen LogP contribution is -2.41. The Hall–Kier alpha value is -1.37. The maximum atomic E-state index is 11.4. The van der Waals surface area contributed by atoms with E-state index in [1.807, 2.05) is 13.0 Å². The van der Waals surface area contributed by atoms with Crippen LogP contribution in [0.5, 0.6) is 0 Å². The Morgan fingerprint density at radius 2 is 1.90 bits per heavy atom. The van der Waals surface area contributed by atoms with Gasteiger partial charge in [-0.3, -0.25) is 9.45 Å². The molecular formula is C22H37ClN4O3S. The average Bonchev–Trinajstić information content (AvgIpc) is 3.04. The predicted molar refractivity (Wildman–Crippen MR) is 128 cm³/mol. The van der Waals surface area contributed by atoms with Gasteiger partial charge in [-0.1, -0.05) is 25.4 Å². The third-order valence-corrected chi connectivity index (χ3v) is 7.36. The van der Waals surface area contributed by atoms with Crippen LogP contribution in [0.25, 0.3) is 0 Å². The number of halogens is 1. The third-order valence-electron chi connectivity index (χ3n) is 5.83. The second-order valence-corrected chi connectivity index (χ2v) is 10.3. The number of nitrogens with zero attached hydrogens (tertiary/aromatic N) is 3. The van der Waals surface area contributed by atoms with E-state index in [1.54, 1.807) is 19.1 Å². The van der Waals surface area contributed by atoms with Crippen molar-refractivity contribution in [2.24, 2.45) is 5.92 Å². The molecule has 2 atom stereocenters. The van der Waals surface area contributed by atoms with Gasteiger partial charge in [-0.05, 0) is 71.2 Å². The highest BCUT2D eigenvalue weighted by atomic mass is 35.5. The number of benzene rings is 1. The molecule has 31 heavy (non-hydrogen) atoms. The Balaban J connectivity index is 0.000000452. The van der Waals surface area contributed by atoms with Gasteiger partial charge in [0.05, 0.1) is 10.6 Å². The number of hydrogen-bond donors (Lipinski definition) is 2. The summed E-state index contributed by atoms with van der Waals surface area (Å²) >= 11 is 6.12.